The molecule has 0 spiro atoms. The van der Waals surface area contributed by atoms with Crippen molar-refractivity contribution >= 4 is 5.97 Å². The summed E-state index contributed by atoms with van der Waals surface area (Å²) in [5.41, 5.74) is -2.49. The van der Waals surface area contributed by atoms with Crippen LogP contribution in [-0.2, 0) is 21.5 Å². The lowest BCUT2D eigenvalue weighted by atomic mass is 9.95. The van der Waals surface area contributed by atoms with Crippen LogP contribution in [0.1, 0.15) is 45.4 Å². The van der Waals surface area contributed by atoms with Gasteiger partial charge in [0.25, 0.3) is 5.92 Å². The van der Waals surface area contributed by atoms with Gasteiger partial charge in [-0.1, -0.05) is 0 Å². The molecule has 0 aromatic carbocycles. The molecular weight excluding hydrogens is 310 g/mol. The molecule has 1 atom stereocenters. The fourth-order valence-electron chi connectivity index (χ4n) is 2.60. The highest BCUT2D eigenvalue weighted by molar-refractivity contribution is 5.75. The van der Waals surface area contributed by atoms with E-state index in [4.69, 9.17) is 4.74 Å². The summed E-state index contributed by atoms with van der Waals surface area (Å²) >= 11 is 0. The van der Waals surface area contributed by atoms with Crippen LogP contribution in [0, 0.1) is 5.41 Å². The molecule has 9 heteroatoms. The second-order valence-corrected chi connectivity index (χ2v) is 6.52. The van der Waals surface area contributed by atoms with Crippen molar-refractivity contribution in [2.45, 2.75) is 57.4 Å². The minimum Gasteiger partial charge on any atom is -0.479 e. The van der Waals surface area contributed by atoms with Gasteiger partial charge < -0.3 is 9.84 Å². The number of carbonyl (C=O) groups is 1. The van der Waals surface area contributed by atoms with E-state index in [1.54, 1.807) is 0 Å². The van der Waals surface area contributed by atoms with Crippen LogP contribution in [0.5, 0.6) is 0 Å². The minimum absolute atomic E-state index is 0.00424. The number of aromatic nitrogens is 4. The molecule has 1 unspecified atom stereocenters. The van der Waals surface area contributed by atoms with E-state index in [9.17, 15) is 18.7 Å². The average Bonchev–Trinajstić information content (AvgIpc) is 3.09. The number of tetrazole rings is 1. The number of nitrogens with zero attached hydrogens (tertiary/aromatic N) is 4. The number of alkyl halides is 2. The summed E-state index contributed by atoms with van der Waals surface area (Å²) in [5, 5.41) is 21.1. The summed E-state index contributed by atoms with van der Waals surface area (Å²) in [7, 11) is 1.53. The molecule has 2 rings (SSSR count). The Balaban J connectivity index is 2.14. The van der Waals surface area contributed by atoms with Gasteiger partial charge >= 0.3 is 5.97 Å². The van der Waals surface area contributed by atoms with Gasteiger partial charge in [-0.3, -0.25) is 0 Å². The van der Waals surface area contributed by atoms with Gasteiger partial charge in [-0.15, -0.1) is 15.0 Å². The molecule has 1 aromatic heterocycles. The molecule has 1 heterocycles. The molecule has 0 aliphatic heterocycles. The average molecular weight is 332 g/mol. The summed E-state index contributed by atoms with van der Waals surface area (Å²) in [6.45, 7) is 2.80. The molecule has 1 aromatic rings. The summed E-state index contributed by atoms with van der Waals surface area (Å²) in [4.78, 5) is 12.6. The zero-order chi connectivity index (χ0) is 17.3. The van der Waals surface area contributed by atoms with Gasteiger partial charge in [-0.05, 0) is 44.7 Å². The first-order valence-corrected chi connectivity index (χ1v) is 7.54. The number of aliphatic carboxylic acids is 1. The normalized spacial score (nSPS) is 19.3. The van der Waals surface area contributed by atoms with Gasteiger partial charge in [0.1, 0.15) is 0 Å². The van der Waals surface area contributed by atoms with E-state index in [1.165, 1.54) is 14.0 Å². The Hall–Kier alpha value is -1.64. The van der Waals surface area contributed by atoms with Gasteiger partial charge in [-0.2, -0.15) is 0 Å². The number of methoxy groups -OCH3 is 1. The maximum atomic E-state index is 13.6. The molecule has 23 heavy (non-hydrogen) atoms. The van der Waals surface area contributed by atoms with Crippen molar-refractivity contribution in [1.82, 2.24) is 20.2 Å². The monoisotopic (exact) mass is 332 g/mol. The molecule has 1 fully saturated rings. The number of carboxylic acids is 1. The summed E-state index contributed by atoms with van der Waals surface area (Å²) in [6.07, 6.45) is 1.59. The van der Waals surface area contributed by atoms with Gasteiger partial charge in [0, 0.05) is 25.6 Å². The predicted octanol–water partition coefficient (Wildman–Crippen LogP) is 1.88. The van der Waals surface area contributed by atoms with E-state index in [0.29, 0.717) is 25.9 Å². The predicted molar refractivity (Wildman–Crippen MR) is 76.2 cm³/mol. The summed E-state index contributed by atoms with van der Waals surface area (Å²) in [5.74, 6) is -3.75. The number of hydrogen-bond acceptors (Lipinski definition) is 5. The quantitative estimate of drug-likeness (QED) is 0.694. The standard InChI is InChI=1S/C14H22F2N4O3/c1-12(11(21)22,5-4-8-23-3)20-18-10(17-19-20)9-14(6-7-14)13(2,15)16/h4-9H2,1-3H3,(H,21,22). The van der Waals surface area contributed by atoms with E-state index in [-0.39, 0.29) is 18.7 Å². The van der Waals surface area contributed by atoms with E-state index < -0.39 is 22.8 Å². The highest BCUT2D eigenvalue weighted by Gasteiger charge is 2.59. The lowest BCUT2D eigenvalue weighted by Gasteiger charge is -2.23. The Bertz CT molecular complexity index is 569. The first-order chi connectivity index (χ1) is 10.6. The molecule has 0 radical (unpaired) electrons. The number of halogens is 2. The minimum atomic E-state index is -2.81. The third-order valence-electron chi connectivity index (χ3n) is 4.65. The zero-order valence-electron chi connectivity index (χ0n) is 13.6. The Morgan fingerprint density at radius 2 is 2.09 bits per heavy atom. The number of hydrogen-bond donors (Lipinski definition) is 1. The largest absolute Gasteiger partial charge is 0.479 e. The highest BCUT2D eigenvalue weighted by Crippen LogP contribution is 2.58. The molecule has 1 saturated carbocycles. The third kappa shape index (κ3) is 3.49. The van der Waals surface area contributed by atoms with E-state index >= 15 is 0 Å². The van der Waals surface area contributed by atoms with E-state index in [2.05, 4.69) is 15.4 Å². The fourth-order valence-corrected chi connectivity index (χ4v) is 2.60. The first kappa shape index (κ1) is 17.7. The number of carboxylic acid groups (broad SMARTS) is 1. The van der Waals surface area contributed by atoms with Crippen LogP contribution in [0.4, 0.5) is 8.78 Å². The third-order valence-corrected chi connectivity index (χ3v) is 4.65. The molecule has 7 nitrogen and oxygen atoms in total. The molecule has 0 saturated heterocycles. The lowest BCUT2D eigenvalue weighted by molar-refractivity contribution is -0.148. The van der Waals surface area contributed by atoms with Crippen molar-refractivity contribution in [1.29, 1.82) is 0 Å². The molecule has 0 amide bonds. The van der Waals surface area contributed by atoms with Gasteiger partial charge in [-0.25, -0.2) is 13.6 Å². The molecule has 1 aliphatic rings. The fraction of sp³-hybridized carbons (Fsp3) is 0.857. The van der Waals surface area contributed by atoms with Crippen LogP contribution < -0.4 is 0 Å². The second-order valence-electron chi connectivity index (χ2n) is 6.52. The van der Waals surface area contributed by atoms with E-state index in [0.717, 1.165) is 11.7 Å². The van der Waals surface area contributed by atoms with Crippen LogP contribution in [-0.4, -0.2) is 50.9 Å². The van der Waals surface area contributed by atoms with Gasteiger partial charge in [0.2, 0.25) is 0 Å². The topological polar surface area (TPSA) is 90.1 Å². The van der Waals surface area contributed by atoms with Crippen molar-refractivity contribution in [3.05, 3.63) is 5.82 Å². The Labute approximate surface area is 133 Å². The zero-order valence-corrected chi connectivity index (χ0v) is 13.6. The smallest absolute Gasteiger partial charge is 0.333 e. The van der Waals surface area contributed by atoms with Gasteiger partial charge in [0.15, 0.2) is 11.4 Å². The number of ether oxygens (including phenoxy) is 1. The molecule has 130 valence electrons. The molecular formula is C14H22F2N4O3. The van der Waals surface area contributed by atoms with Crippen LogP contribution in [0.25, 0.3) is 0 Å². The van der Waals surface area contributed by atoms with Crippen LogP contribution in [0.2, 0.25) is 0 Å². The van der Waals surface area contributed by atoms with Crippen molar-refractivity contribution < 1.29 is 23.4 Å². The van der Waals surface area contributed by atoms with Crippen molar-refractivity contribution in [3.8, 4) is 0 Å². The molecule has 1 aliphatic carbocycles. The Kier molecular flexibility index (Phi) is 4.70. The maximum Gasteiger partial charge on any atom is 0.333 e. The van der Waals surface area contributed by atoms with Crippen molar-refractivity contribution in [2.75, 3.05) is 13.7 Å². The molecule has 0 bridgehead atoms. The number of rotatable bonds is 9. The molecule has 1 N–H and O–H groups in total. The van der Waals surface area contributed by atoms with Crippen LogP contribution in [0.3, 0.4) is 0 Å². The van der Waals surface area contributed by atoms with Crippen LogP contribution >= 0.6 is 0 Å². The van der Waals surface area contributed by atoms with Crippen molar-refractivity contribution in [3.63, 3.8) is 0 Å². The lowest BCUT2D eigenvalue weighted by Crippen LogP contribution is -2.41. The van der Waals surface area contributed by atoms with Crippen LogP contribution in [0.15, 0.2) is 0 Å². The summed E-state index contributed by atoms with van der Waals surface area (Å²) in [6, 6.07) is 0. The highest BCUT2D eigenvalue weighted by atomic mass is 19.3. The van der Waals surface area contributed by atoms with E-state index in [1.807, 2.05) is 0 Å². The Morgan fingerprint density at radius 1 is 1.43 bits per heavy atom. The SMILES string of the molecule is COCCCC(C)(C(=O)O)n1nnc(CC2(C(C)(F)F)CC2)n1. The first-order valence-electron chi connectivity index (χ1n) is 7.54. The Morgan fingerprint density at radius 3 is 2.57 bits per heavy atom. The second kappa shape index (κ2) is 6.10. The van der Waals surface area contributed by atoms with Gasteiger partial charge in [0.05, 0.1) is 0 Å². The summed E-state index contributed by atoms with van der Waals surface area (Å²) < 4.78 is 32.2. The maximum absolute atomic E-state index is 13.6. The van der Waals surface area contributed by atoms with Crippen molar-refractivity contribution in [2.24, 2.45) is 5.41 Å².